The minimum absolute atomic E-state index is 0.00543. The number of hydrogen-bond donors (Lipinski definition) is 2. The van der Waals surface area contributed by atoms with Crippen molar-refractivity contribution in [2.75, 3.05) is 19.7 Å². The molecule has 2 unspecified atom stereocenters. The fourth-order valence-electron chi connectivity index (χ4n) is 2.30. The van der Waals surface area contributed by atoms with Gasteiger partial charge in [0.15, 0.2) is 0 Å². The average Bonchev–Trinajstić information content (AvgIpc) is 2.44. The first-order valence-electron chi connectivity index (χ1n) is 7.03. The molecule has 1 heterocycles. The topological polar surface area (TPSA) is 50.4 Å². The van der Waals surface area contributed by atoms with E-state index in [0.29, 0.717) is 24.7 Å². The van der Waals surface area contributed by atoms with Crippen LogP contribution in [0.5, 0.6) is 5.75 Å². The maximum Gasteiger partial charge on any atom is 0.223 e. The molecular weight excluding hydrogens is 259 g/mol. The first kappa shape index (κ1) is 14.8. The van der Waals surface area contributed by atoms with Gasteiger partial charge in [0.25, 0.3) is 0 Å². The summed E-state index contributed by atoms with van der Waals surface area (Å²) in [6, 6.07) is 6.04. The summed E-state index contributed by atoms with van der Waals surface area (Å²) in [5.74, 6) is 0.737. The van der Waals surface area contributed by atoms with Gasteiger partial charge < -0.3 is 15.4 Å². The van der Waals surface area contributed by atoms with E-state index in [1.54, 1.807) is 12.1 Å². The molecule has 4 nitrogen and oxygen atoms in total. The van der Waals surface area contributed by atoms with Crippen LogP contribution < -0.4 is 15.4 Å². The van der Waals surface area contributed by atoms with E-state index in [-0.39, 0.29) is 17.8 Å². The van der Waals surface area contributed by atoms with Crippen LogP contribution in [0.15, 0.2) is 24.3 Å². The third-order valence-electron chi connectivity index (χ3n) is 3.54. The zero-order valence-electron chi connectivity index (χ0n) is 11.7. The maximum absolute atomic E-state index is 12.7. The molecule has 2 atom stereocenters. The molecule has 1 aromatic carbocycles. The van der Waals surface area contributed by atoms with E-state index < -0.39 is 0 Å². The predicted molar refractivity (Wildman–Crippen MR) is 75.1 cm³/mol. The summed E-state index contributed by atoms with van der Waals surface area (Å²) in [7, 11) is 0. The normalized spacial score (nSPS) is 22.3. The summed E-state index contributed by atoms with van der Waals surface area (Å²) >= 11 is 0. The lowest BCUT2D eigenvalue weighted by Crippen LogP contribution is -2.48. The van der Waals surface area contributed by atoms with Crippen molar-refractivity contribution in [2.24, 2.45) is 5.92 Å². The van der Waals surface area contributed by atoms with E-state index in [0.717, 1.165) is 19.5 Å². The molecule has 0 aliphatic carbocycles. The quantitative estimate of drug-likeness (QED) is 0.863. The van der Waals surface area contributed by atoms with Crippen molar-refractivity contribution >= 4 is 5.91 Å². The first-order chi connectivity index (χ1) is 9.65. The Morgan fingerprint density at radius 3 is 2.90 bits per heavy atom. The standard InChI is InChI=1S/C15H21FN2O2/c1-11-10-17-8-6-14(11)18-15(19)7-9-20-13-4-2-12(16)3-5-13/h2-5,11,14,17H,6-10H2,1H3,(H,18,19). The molecule has 2 rings (SSSR count). The smallest absolute Gasteiger partial charge is 0.223 e. The van der Waals surface area contributed by atoms with E-state index >= 15 is 0 Å². The van der Waals surface area contributed by atoms with E-state index in [2.05, 4.69) is 17.6 Å². The van der Waals surface area contributed by atoms with Crippen molar-refractivity contribution < 1.29 is 13.9 Å². The number of amides is 1. The molecule has 2 N–H and O–H groups in total. The zero-order valence-corrected chi connectivity index (χ0v) is 11.7. The number of hydrogen-bond acceptors (Lipinski definition) is 3. The highest BCUT2D eigenvalue weighted by molar-refractivity contribution is 5.76. The molecule has 0 aromatic heterocycles. The third kappa shape index (κ3) is 4.49. The number of ether oxygens (including phenoxy) is 1. The Bertz CT molecular complexity index is 436. The van der Waals surface area contributed by atoms with Crippen LogP contribution in [-0.4, -0.2) is 31.6 Å². The number of nitrogens with one attached hydrogen (secondary N) is 2. The minimum atomic E-state index is -0.296. The van der Waals surface area contributed by atoms with Crippen LogP contribution >= 0.6 is 0 Å². The molecule has 1 fully saturated rings. The second kappa shape index (κ2) is 7.24. The molecule has 1 aromatic rings. The zero-order chi connectivity index (χ0) is 14.4. The Morgan fingerprint density at radius 1 is 1.45 bits per heavy atom. The van der Waals surface area contributed by atoms with Gasteiger partial charge >= 0.3 is 0 Å². The lowest BCUT2D eigenvalue weighted by Gasteiger charge is -2.30. The van der Waals surface area contributed by atoms with Crippen LogP contribution in [0.2, 0.25) is 0 Å². The number of carbonyl (C=O) groups excluding carboxylic acids is 1. The Balaban J connectivity index is 1.68. The summed E-state index contributed by atoms with van der Waals surface area (Å²) in [6.45, 7) is 4.32. The van der Waals surface area contributed by atoms with Crippen molar-refractivity contribution in [3.05, 3.63) is 30.1 Å². The number of piperidine rings is 1. The van der Waals surface area contributed by atoms with Crippen molar-refractivity contribution in [2.45, 2.75) is 25.8 Å². The number of rotatable bonds is 5. The van der Waals surface area contributed by atoms with Gasteiger partial charge in [0.05, 0.1) is 13.0 Å². The van der Waals surface area contributed by atoms with Crippen LogP contribution in [0.3, 0.4) is 0 Å². The predicted octanol–water partition coefficient (Wildman–Crippen LogP) is 1.71. The molecule has 20 heavy (non-hydrogen) atoms. The summed E-state index contributed by atoms with van der Waals surface area (Å²) in [5.41, 5.74) is 0. The Kier molecular flexibility index (Phi) is 5.35. The highest BCUT2D eigenvalue weighted by Gasteiger charge is 2.22. The van der Waals surface area contributed by atoms with Gasteiger partial charge in [-0.1, -0.05) is 6.92 Å². The lowest BCUT2D eigenvalue weighted by atomic mass is 9.95. The number of benzene rings is 1. The summed E-state index contributed by atoms with van der Waals surface area (Å²) in [4.78, 5) is 11.8. The maximum atomic E-state index is 12.7. The van der Waals surface area contributed by atoms with Crippen molar-refractivity contribution in [3.8, 4) is 5.75 Å². The molecule has 0 bridgehead atoms. The van der Waals surface area contributed by atoms with Gasteiger partial charge in [-0.3, -0.25) is 4.79 Å². The molecule has 1 aliphatic heterocycles. The molecule has 110 valence electrons. The van der Waals surface area contributed by atoms with E-state index in [1.807, 2.05) is 0 Å². The largest absolute Gasteiger partial charge is 0.493 e. The Hall–Kier alpha value is -1.62. The molecule has 1 saturated heterocycles. The second-order valence-corrected chi connectivity index (χ2v) is 5.20. The van der Waals surface area contributed by atoms with Crippen LogP contribution in [0, 0.1) is 11.7 Å². The van der Waals surface area contributed by atoms with Crippen LogP contribution in [0.4, 0.5) is 4.39 Å². The minimum Gasteiger partial charge on any atom is -0.493 e. The van der Waals surface area contributed by atoms with Crippen molar-refractivity contribution in [1.29, 1.82) is 0 Å². The van der Waals surface area contributed by atoms with E-state index in [9.17, 15) is 9.18 Å². The third-order valence-corrected chi connectivity index (χ3v) is 3.54. The van der Waals surface area contributed by atoms with Gasteiger partial charge in [-0.15, -0.1) is 0 Å². The highest BCUT2D eigenvalue weighted by Crippen LogP contribution is 2.12. The summed E-state index contributed by atoms with van der Waals surface area (Å²) < 4.78 is 18.1. The van der Waals surface area contributed by atoms with E-state index in [4.69, 9.17) is 4.74 Å². The Labute approximate surface area is 118 Å². The lowest BCUT2D eigenvalue weighted by molar-refractivity contribution is -0.122. The molecule has 1 amide bonds. The molecule has 0 spiro atoms. The average molecular weight is 280 g/mol. The molecule has 5 heteroatoms. The molecular formula is C15H21FN2O2. The van der Waals surface area contributed by atoms with Crippen molar-refractivity contribution in [1.82, 2.24) is 10.6 Å². The monoisotopic (exact) mass is 280 g/mol. The SMILES string of the molecule is CC1CNCCC1NC(=O)CCOc1ccc(F)cc1. The van der Waals surface area contributed by atoms with Gasteiger partial charge in [0.2, 0.25) is 5.91 Å². The molecule has 1 aliphatic rings. The fourth-order valence-corrected chi connectivity index (χ4v) is 2.30. The van der Waals surface area contributed by atoms with Crippen LogP contribution in [0.1, 0.15) is 19.8 Å². The summed E-state index contributed by atoms with van der Waals surface area (Å²) in [6.07, 6.45) is 1.28. The van der Waals surface area contributed by atoms with Gasteiger partial charge in [0.1, 0.15) is 11.6 Å². The second-order valence-electron chi connectivity index (χ2n) is 5.20. The van der Waals surface area contributed by atoms with Gasteiger partial charge in [0, 0.05) is 6.04 Å². The molecule has 0 radical (unpaired) electrons. The highest BCUT2D eigenvalue weighted by atomic mass is 19.1. The summed E-state index contributed by atoms with van der Waals surface area (Å²) in [5, 5.41) is 6.35. The van der Waals surface area contributed by atoms with Crippen LogP contribution in [-0.2, 0) is 4.79 Å². The van der Waals surface area contributed by atoms with Gasteiger partial charge in [-0.05, 0) is 49.7 Å². The van der Waals surface area contributed by atoms with Crippen molar-refractivity contribution in [3.63, 3.8) is 0 Å². The van der Waals surface area contributed by atoms with Gasteiger partial charge in [-0.2, -0.15) is 0 Å². The fraction of sp³-hybridized carbons (Fsp3) is 0.533. The Morgan fingerprint density at radius 2 is 2.20 bits per heavy atom. The van der Waals surface area contributed by atoms with Crippen LogP contribution in [0.25, 0.3) is 0 Å². The van der Waals surface area contributed by atoms with Gasteiger partial charge in [-0.25, -0.2) is 4.39 Å². The first-order valence-corrected chi connectivity index (χ1v) is 7.03. The molecule has 0 saturated carbocycles. The number of carbonyl (C=O) groups is 1. The number of halogens is 1. The van der Waals surface area contributed by atoms with E-state index in [1.165, 1.54) is 12.1 Å².